The van der Waals surface area contributed by atoms with E-state index < -0.39 is 0 Å². The number of benzene rings is 1. The minimum atomic E-state index is -0.227. The molecule has 27 heavy (non-hydrogen) atoms. The Bertz CT molecular complexity index is 744. The second-order valence-corrected chi connectivity index (χ2v) is 6.27. The van der Waals surface area contributed by atoms with Crippen molar-refractivity contribution in [2.75, 3.05) is 25.1 Å². The summed E-state index contributed by atoms with van der Waals surface area (Å²) in [4.78, 5) is 27.9. The van der Waals surface area contributed by atoms with Crippen LogP contribution in [0.3, 0.4) is 0 Å². The molecule has 2 amide bonds. The zero-order chi connectivity index (χ0) is 18.9. The fourth-order valence-corrected chi connectivity index (χ4v) is 2.72. The number of hydrogen-bond acceptors (Lipinski definition) is 5. The van der Waals surface area contributed by atoms with E-state index in [1.54, 1.807) is 48.8 Å². The quantitative estimate of drug-likeness (QED) is 0.746. The van der Waals surface area contributed by atoms with Gasteiger partial charge in [-0.3, -0.25) is 14.6 Å². The predicted octanol–water partition coefficient (Wildman–Crippen LogP) is 2.40. The second-order valence-electron chi connectivity index (χ2n) is 6.27. The first kappa shape index (κ1) is 18.8. The topological polar surface area (TPSA) is 89.6 Å². The van der Waals surface area contributed by atoms with Gasteiger partial charge in [-0.05, 0) is 49.2 Å². The summed E-state index contributed by atoms with van der Waals surface area (Å²) in [5.41, 5.74) is 1.15. The van der Waals surface area contributed by atoms with Crippen LogP contribution in [0.1, 0.15) is 29.6 Å². The highest BCUT2D eigenvalue weighted by Gasteiger charge is 2.16. The van der Waals surface area contributed by atoms with Crippen LogP contribution in [-0.4, -0.2) is 42.7 Å². The number of pyridine rings is 1. The van der Waals surface area contributed by atoms with E-state index in [2.05, 4.69) is 15.6 Å². The first-order chi connectivity index (χ1) is 13.2. The standard InChI is InChI=1S/C20H23N3O4/c24-19(23-16-3-1-10-21-13-16)9-11-22-20(25)15-5-7-17(8-6-15)27-14-18-4-2-12-26-18/h1,3,5-8,10,13,18H,2,4,9,11-12,14H2,(H,22,25)(H,23,24). The van der Waals surface area contributed by atoms with E-state index in [-0.39, 0.29) is 30.9 Å². The molecule has 2 aromatic rings. The van der Waals surface area contributed by atoms with Crippen LogP contribution in [0.25, 0.3) is 0 Å². The van der Waals surface area contributed by atoms with Crippen molar-refractivity contribution >= 4 is 17.5 Å². The average molecular weight is 369 g/mol. The van der Waals surface area contributed by atoms with E-state index in [9.17, 15) is 9.59 Å². The summed E-state index contributed by atoms with van der Waals surface area (Å²) in [7, 11) is 0. The molecule has 1 unspecified atom stereocenters. The Hall–Kier alpha value is -2.93. The van der Waals surface area contributed by atoms with Gasteiger partial charge in [0.05, 0.1) is 18.0 Å². The van der Waals surface area contributed by atoms with Gasteiger partial charge in [0, 0.05) is 31.3 Å². The Labute approximate surface area is 158 Å². The highest BCUT2D eigenvalue weighted by Crippen LogP contribution is 2.16. The average Bonchev–Trinajstić information content (AvgIpc) is 3.21. The van der Waals surface area contributed by atoms with E-state index in [4.69, 9.17) is 9.47 Å². The number of amides is 2. The first-order valence-corrected chi connectivity index (χ1v) is 9.03. The molecule has 0 bridgehead atoms. The molecule has 0 saturated carbocycles. The zero-order valence-electron chi connectivity index (χ0n) is 15.0. The summed E-state index contributed by atoms with van der Waals surface area (Å²) >= 11 is 0. The zero-order valence-corrected chi connectivity index (χ0v) is 15.0. The third-order valence-corrected chi connectivity index (χ3v) is 4.16. The van der Waals surface area contributed by atoms with E-state index >= 15 is 0 Å². The van der Waals surface area contributed by atoms with Crippen molar-refractivity contribution in [2.24, 2.45) is 0 Å². The lowest BCUT2D eigenvalue weighted by molar-refractivity contribution is -0.116. The van der Waals surface area contributed by atoms with Crippen LogP contribution >= 0.6 is 0 Å². The summed E-state index contributed by atoms with van der Waals surface area (Å²) < 4.78 is 11.2. The molecule has 3 rings (SSSR count). The van der Waals surface area contributed by atoms with E-state index in [0.717, 1.165) is 19.4 Å². The first-order valence-electron chi connectivity index (χ1n) is 9.03. The molecule has 7 heteroatoms. The Balaban J connectivity index is 1.38. The fraction of sp³-hybridized carbons (Fsp3) is 0.350. The molecule has 1 aromatic carbocycles. The number of nitrogens with zero attached hydrogens (tertiary/aromatic N) is 1. The molecule has 2 heterocycles. The highest BCUT2D eigenvalue weighted by molar-refractivity contribution is 5.95. The van der Waals surface area contributed by atoms with Crippen LogP contribution in [0.4, 0.5) is 5.69 Å². The third kappa shape index (κ3) is 6.07. The molecule has 1 aliphatic rings. The Morgan fingerprint density at radius 3 is 2.78 bits per heavy atom. The van der Waals surface area contributed by atoms with Gasteiger partial charge >= 0.3 is 0 Å². The normalized spacial score (nSPS) is 15.9. The molecule has 1 aromatic heterocycles. The van der Waals surface area contributed by atoms with Crippen LogP contribution in [0.15, 0.2) is 48.8 Å². The van der Waals surface area contributed by atoms with Gasteiger partial charge in [0.1, 0.15) is 12.4 Å². The number of carbonyl (C=O) groups is 2. The Kier molecular flexibility index (Phi) is 6.76. The molecule has 1 saturated heterocycles. The Morgan fingerprint density at radius 2 is 2.07 bits per heavy atom. The van der Waals surface area contributed by atoms with Crippen LogP contribution in [0.5, 0.6) is 5.75 Å². The molecule has 1 fully saturated rings. The molecule has 1 atom stereocenters. The monoisotopic (exact) mass is 369 g/mol. The molecule has 2 N–H and O–H groups in total. The van der Waals surface area contributed by atoms with Crippen molar-refractivity contribution in [3.05, 3.63) is 54.4 Å². The number of hydrogen-bond donors (Lipinski definition) is 2. The van der Waals surface area contributed by atoms with Crippen LogP contribution in [0, 0.1) is 0 Å². The smallest absolute Gasteiger partial charge is 0.251 e. The van der Waals surface area contributed by atoms with Crippen molar-refractivity contribution < 1.29 is 19.1 Å². The lowest BCUT2D eigenvalue weighted by Crippen LogP contribution is -2.27. The third-order valence-electron chi connectivity index (χ3n) is 4.16. The summed E-state index contributed by atoms with van der Waals surface area (Å²) in [5.74, 6) is 0.300. The molecular weight excluding hydrogens is 346 g/mol. The number of anilines is 1. The molecule has 7 nitrogen and oxygen atoms in total. The summed E-state index contributed by atoms with van der Waals surface area (Å²) in [6.45, 7) is 1.58. The number of nitrogens with one attached hydrogen (secondary N) is 2. The maximum Gasteiger partial charge on any atom is 0.251 e. The fourth-order valence-electron chi connectivity index (χ4n) is 2.72. The number of aromatic nitrogens is 1. The highest BCUT2D eigenvalue weighted by atomic mass is 16.5. The van der Waals surface area contributed by atoms with Gasteiger partial charge in [0.15, 0.2) is 0 Å². The second kappa shape index (κ2) is 9.68. The van der Waals surface area contributed by atoms with Gasteiger partial charge < -0.3 is 20.1 Å². The van der Waals surface area contributed by atoms with Crippen molar-refractivity contribution in [3.63, 3.8) is 0 Å². The van der Waals surface area contributed by atoms with Crippen molar-refractivity contribution in [1.82, 2.24) is 10.3 Å². The summed E-state index contributed by atoms with van der Waals surface area (Å²) in [6, 6.07) is 10.4. The molecule has 0 spiro atoms. The van der Waals surface area contributed by atoms with Crippen molar-refractivity contribution in [2.45, 2.75) is 25.4 Å². The molecule has 1 aliphatic heterocycles. The van der Waals surface area contributed by atoms with Crippen LogP contribution in [-0.2, 0) is 9.53 Å². The predicted molar refractivity (Wildman–Crippen MR) is 101 cm³/mol. The minimum absolute atomic E-state index is 0.158. The number of ether oxygens (including phenoxy) is 2. The van der Waals surface area contributed by atoms with Gasteiger partial charge in [0.25, 0.3) is 5.91 Å². The van der Waals surface area contributed by atoms with Gasteiger partial charge in [0.2, 0.25) is 5.91 Å². The molecular formula is C20H23N3O4. The van der Waals surface area contributed by atoms with Crippen LogP contribution < -0.4 is 15.4 Å². The SMILES string of the molecule is O=C(CCNC(=O)c1ccc(OCC2CCCO2)cc1)Nc1cccnc1. The van der Waals surface area contributed by atoms with Gasteiger partial charge in [-0.15, -0.1) is 0 Å². The molecule has 142 valence electrons. The number of carbonyl (C=O) groups excluding carboxylic acids is 2. The summed E-state index contributed by atoms with van der Waals surface area (Å²) in [5, 5.41) is 5.46. The lowest BCUT2D eigenvalue weighted by Gasteiger charge is -2.11. The van der Waals surface area contributed by atoms with E-state index in [1.165, 1.54) is 0 Å². The maximum atomic E-state index is 12.1. The maximum absolute atomic E-state index is 12.1. The van der Waals surface area contributed by atoms with Gasteiger partial charge in [-0.25, -0.2) is 0 Å². The van der Waals surface area contributed by atoms with Crippen molar-refractivity contribution in [3.8, 4) is 5.75 Å². The molecule has 0 radical (unpaired) electrons. The Morgan fingerprint density at radius 1 is 1.22 bits per heavy atom. The van der Waals surface area contributed by atoms with E-state index in [0.29, 0.717) is 23.6 Å². The largest absolute Gasteiger partial charge is 0.491 e. The van der Waals surface area contributed by atoms with E-state index in [1.807, 2.05) is 0 Å². The summed E-state index contributed by atoms with van der Waals surface area (Å²) in [6.07, 6.45) is 5.64. The van der Waals surface area contributed by atoms with Gasteiger partial charge in [-0.2, -0.15) is 0 Å². The molecule has 0 aliphatic carbocycles. The van der Waals surface area contributed by atoms with Crippen LogP contribution in [0.2, 0.25) is 0 Å². The van der Waals surface area contributed by atoms with Gasteiger partial charge in [-0.1, -0.05) is 0 Å². The lowest BCUT2D eigenvalue weighted by atomic mass is 10.2. The number of rotatable bonds is 8. The van der Waals surface area contributed by atoms with Crippen molar-refractivity contribution in [1.29, 1.82) is 0 Å². The minimum Gasteiger partial charge on any atom is -0.491 e.